The third-order valence-electron chi connectivity index (χ3n) is 1.75. The summed E-state index contributed by atoms with van der Waals surface area (Å²) in [5, 5.41) is 0. The van der Waals surface area contributed by atoms with Gasteiger partial charge in [0.25, 0.3) is 0 Å². The van der Waals surface area contributed by atoms with E-state index in [1.54, 1.807) is 18.6 Å². The molecule has 2 aromatic rings. The normalized spacial score (nSPS) is 9.92. The average Bonchev–Trinajstić information content (AvgIpc) is 2.19. The molecule has 0 bridgehead atoms. The molecule has 0 atom stereocenters. The highest BCUT2D eigenvalue weighted by atomic mass is 14.9. The molecule has 2 heterocycles. The first-order chi connectivity index (χ1) is 6.36. The summed E-state index contributed by atoms with van der Waals surface area (Å²) >= 11 is 0. The number of rotatable bonds is 1. The van der Waals surface area contributed by atoms with Gasteiger partial charge in [0.2, 0.25) is 0 Å². The molecule has 3 nitrogen and oxygen atoms in total. The van der Waals surface area contributed by atoms with Crippen LogP contribution in [-0.2, 0) is 0 Å². The molecular weight excluding hydrogens is 162 g/mol. The summed E-state index contributed by atoms with van der Waals surface area (Å²) in [6.45, 7) is 1.88. The molecule has 2 aromatic heterocycles. The predicted octanol–water partition coefficient (Wildman–Crippen LogP) is 1.85. The second kappa shape index (κ2) is 3.31. The first kappa shape index (κ1) is 7.86. The summed E-state index contributed by atoms with van der Waals surface area (Å²) < 4.78 is 0. The number of aromatic nitrogens is 3. The maximum Gasteiger partial charge on any atom is 0.125 e. The first-order valence-electron chi connectivity index (χ1n) is 4.06. The van der Waals surface area contributed by atoms with Crippen molar-refractivity contribution in [2.24, 2.45) is 0 Å². The van der Waals surface area contributed by atoms with Gasteiger partial charge in [0.1, 0.15) is 5.82 Å². The lowest BCUT2D eigenvalue weighted by Gasteiger charge is -1.99. The van der Waals surface area contributed by atoms with Gasteiger partial charge in [0.15, 0.2) is 0 Å². The molecule has 0 spiro atoms. The van der Waals surface area contributed by atoms with Crippen molar-refractivity contribution in [1.82, 2.24) is 15.0 Å². The Balaban J connectivity index is 2.48. The third-order valence-corrected chi connectivity index (χ3v) is 1.75. The van der Waals surface area contributed by atoms with Crippen molar-refractivity contribution < 1.29 is 0 Å². The van der Waals surface area contributed by atoms with Gasteiger partial charge in [0.05, 0.1) is 5.69 Å². The fourth-order valence-corrected chi connectivity index (χ4v) is 1.14. The summed E-state index contributed by atoms with van der Waals surface area (Å²) in [6.07, 6.45) is 5.28. The van der Waals surface area contributed by atoms with Crippen LogP contribution in [0, 0.1) is 6.92 Å². The molecule has 0 aliphatic carbocycles. The van der Waals surface area contributed by atoms with E-state index < -0.39 is 0 Å². The predicted molar refractivity (Wildman–Crippen MR) is 50.0 cm³/mol. The van der Waals surface area contributed by atoms with Gasteiger partial charge in [-0.25, -0.2) is 9.97 Å². The van der Waals surface area contributed by atoms with E-state index in [9.17, 15) is 0 Å². The van der Waals surface area contributed by atoms with Crippen LogP contribution in [0.5, 0.6) is 0 Å². The summed E-state index contributed by atoms with van der Waals surface area (Å²) in [5.74, 6) is 0.786. The molecular formula is C10H9N3. The lowest BCUT2D eigenvalue weighted by atomic mass is 10.2. The van der Waals surface area contributed by atoms with Crippen molar-refractivity contribution in [2.75, 3.05) is 0 Å². The van der Waals surface area contributed by atoms with Crippen molar-refractivity contribution in [3.8, 4) is 11.3 Å². The highest BCUT2D eigenvalue weighted by Gasteiger charge is 1.97. The number of nitrogens with zero attached hydrogens (tertiary/aromatic N) is 3. The van der Waals surface area contributed by atoms with E-state index in [0.717, 1.165) is 17.1 Å². The van der Waals surface area contributed by atoms with Crippen molar-refractivity contribution in [1.29, 1.82) is 0 Å². The topological polar surface area (TPSA) is 38.7 Å². The zero-order valence-corrected chi connectivity index (χ0v) is 7.31. The maximum absolute atomic E-state index is 4.30. The smallest absolute Gasteiger partial charge is 0.125 e. The quantitative estimate of drug-likeness (QED) is 0.657. The van der Waals surface area contributed by atoms with Gasteiger partial charge in [-0.15, -0.1) is 0 Å². The minimum absolute atomic E-state index is 0.786. The molecule has 0 saturated carbocycles. The Bertz CT molecular complexity index is 398. The van der Waals surface area contributed by atoms with Crippen LogP contribution in [0.15, 0.2) is 36.8 Å². The molecule has 0 saturated heterocycles. The van der Waals surface area contributed by atoms with Gasteiger partial charge in [-0.2, -0.15) is 0 Å². The van der Waals surface area contributed by atoms with E-state index in [2.05, 4.69) is 15.0 Å². The van der Waals surface area contributed by atoms with Crippen LogP contribution in [0.1, 0.15) is 5.82 Å². The standard InChI is InChI=1S/C10H9N3/c1-8-12-7-4-10(13-8)9-2-5-11-6-3-9/h2-7H,1H3. The zero-order chi connectivity index (χ0) is 9.10. The van der Waals surface area contributed by atoms with Crippen molar-refractivity contribution in [3.63, 3.8) is 0 Å². The lowest BCUT2D eigenvalue weighted by Crippen LogP contribution is -1.89. The fourth-order valence-electron chi connectivity index (χ4n) is 1.14. The number of pyridine rings is 1. The average molecular weight is 171 g/mol. The van der Waals surface area contributed by atoms with Crippen LogP contribution in [0.3, 0.4) is 0 Å². The lowest BCUT2D eigenvalue weighted by molar-refractivity contribution is 1.06. The summed E-state index contributed by atoms with van der Waals surface area (Å²) in [5.41, 5.74) is 2.01. The van der Waals surface area contributed by atoms with Crippen molar-refractivity contribution >= 4 is 0 Å². The molecule has 0 amide bonds. The molecule has 0 aliphatic heterocycles. The molecule has 0 N–H and O–H groups in total. The van der Waals surface area contributed by atoms with Crippen LogP contribution in [0.2, 0.25) is 0 Å². The molecule has 0 fully saturated rings. The molecule has 3 heteroatoms. The fraction of sp³-hybridized carbons (Fsp3) is 0.100. The van der Waals surface area contributed by atoms with Crippen molar-refractivity contribution in [2.45, 2.75) is 6.92 Å². The Hall–Kier alpha value is -1.77. The minimum atomic E-state index is 0.786. The van der Waals surface area contributed by atoms with Gasteiger partial charge >= 0.3 is 0 Å². The summed E-state index contributed by atoms with van der Waals surface area (Å²) in [4.78, 5) is 12.3. The molecule has 0 unspecified atom stereocenters. The van der Waals surface area contributed by atoms with Crippen molar-refractivity contribution in [3.05, 3.63) is 42.6 Å². The van der Waals surface area contributed by atoms with E-state index in [4.69, 9.17) is 0 Å². The number of aryl methyl sites for hydroxylation is 1. The highest BCUT2D eigenvalue weighted by Crippen LogP contribution is 2.13. The second-order valence-corrected chi connectivity index (χ2v) is 2.72. The molecule has 0 radical (unpaired) electrons. The molecule has 13 heavy (non-hydrogen) atoms. The number of hydrogen-bond acceptors (Lipinski definition) is 3. The van der Waals surface area contributed by atoms with Gasteiger partial charge < -0.3 is 0 Å². The third kappa shape index (κ3) is 1.69. The Morgan fingerprint density at radius 3 is 2.46 bits per heavy atom. The molecule has 0 aromatic carbocycles. The molecule has 0 aliphatic rings. The van der Waals surface area contributed by atoms with Crippen LogP contribution >= 0.6 is 0 Å². The summed E-state index contributed by atoms with van der Waals surface area (Å²) in [6, 6.07) is 5.76. The maximum atomic E-state index is 4.30. The van der Waals surface area contributed by atoms with E-state index >= 15 is 0 Å². The monoisotopic (exact) mass is 171 g/mol. The van der Waals surface area contributed by atoms with Gasteiger partial charge in [0, 0.05) is 24.2 Å². The highest BCUT2D eigenvalue weighted by molar-refractivity contribution is 5.57. The minimum Gasteiger partial charge on any atom is -0.265 e. The van der Waals surface area contributed by atoms with E-state index in [1.807, 2.05) is 25.1 Å². The van der Waals surface area contributed by atoms with E-state index in [-0.39, 0.29) is 0 Å². The van der Waals surface area contributed by atoms with Crippen LogP contribution in [-0.4, -0.2) is 15.0 Å². The zero-order valence-electron chi connectivity index (χ0n) is 7.31. The Morgan fingerprint density at radius 2 is 1.77 bits per heavy atom. The van der Waals surface area contributed by atoms with Crippen LogP contribution < -0.4 is 0 Å². The summed E-state index contributed by atoms with van der Waals surface area (Å²) in [7, 11) is 0. The Labute approximate surface area is 76.5 Å². The van der Waals surface area contributed by atoms with Gasteiger partial charge in [-0.1, -0.05) is 0 Å². The van der Waals surface area contributed by atoms with Crippen LogP contribution in [0.25, 0.3) is 11.3 Å². The van der Waals surface area contributed by atoms with Gasteiger partial charge in [-0.05, 0) is 25.1 Å². The van der Waals surface area contributed by atoms with E-state index in [0.29, 0.717) is 0 Å². The second-order valence-electron chi connectivity index (χ2n) is 2.72. The van der Waals surface area contributed by atoms with E-state index in [1.165, 1.54) is 0 Å². The molecule has 64 valence electrons. The van der Waals surface area contributed by atoms with Gasteiger partial charge in [-0.3, -0.25) is 4.98 Å². The largest absolute Gasteiger partial charge is 0.265 e. The Kier molecular flexibility index (Phi) is 2.00. The molecule has 2 rings (SSSR count). The Morgan fingerprint density at radius 1 is 1.00 bits per heavy atom. The van der Waals surface area contributed by atoms with Crippen LogP contribution in [0.4, 0.5) is 0 Å². The number of hydrogen-bond donors (Lipinski definition) is 0. The SMILES string of the molecule is Cc1nccc(-c2ccncc2)n1. The first-order valence-corrected chi connectivity index (χ1v) is 4.06.